The van der Waals surface area contributed by atoms with Gasteiger partial charge in [-0.25, -0.2) is 15.0 Å². The van der Waals surface area contributed by atoms with Crippen LogP contribution < -0.4 is 15.2 Å². The van der Waals surface area contributed by atoms with Crippen LogP contribution in [0, 0.1) is 0 Å². The van der Waals surface area contributed by atoms with Crippen molar-refractivity contribution in [1.82, 2.24) is 24.4 Å². The number of hydrogen-bond donors (Lipinski definition) is 1. The molecule has 1 N–H and O–H groups in total. The molecule has 0 aliphatic carbocycles. The summed E-state index contributed by atoms with van der Waals surface area (Å²) in [6.07, 6.45) is 5.19. The molecule has 0 bridgehead atoms. The van der Waals surface area contributed by atoms with Crippen LogP contribution in [0.2, 0.25) is 0 Å². The SMILES string of the molecule is CCCOCCn1c(=O)c(N(C)CC(=O)N2CCC[C@H](O)C2)nc2ncc(-c3ccc(OC)nc3)cc21. The van der Waals surface area contributed by atoms with Crippen molar-refractivity contribution in [3.63, 3.8) is 0 Å². The van der Waals surface area contributed by atoms with E-state index in [1.807, 2.05) is 19.1 Å². The van der Waals surface area contributed by atoms with E-state index in [1.54, 1.807) is 47.0 Å². The molecule has 1 aliphatic rings. The van der Waals surface area contributed by atoms with Crippen molar-refractivity contribution in [3.8, 4) is 17.0 Å². The van der Waals surface area contributed by atoms with E-state index >= 15 is 0 Å². The second-order valence-corrected chi connectivity index (χ2v) is 9.15. The molecule has 0 spiro atoms. The molecular weight excluding hydrogens is 476 g/mol. The van der Waals surface area contributed by atoms with Crippen LogP contribution in [0.25, 0.3) is 22.3 Å². The number of piperidine rings is 1. The third kappa shape index (κ3) is 6.23. The smallest absolute Gasteiger partial charge is 0.294 e. The maximum Gasteiger partial charge on any atom is 0.294 e. The number of rotatable bonds is 10. The summed E-state index contributed by atoms with van der Waals surface area (Å²) in [7, 11) is 3.23. The first-order valence-corrected chi connectivity index (χ1v) is 12.6. The normalized spacial score (nSPS) is 15.7. The number of anilines is 1. The molecule has 1 atom stereocenters. The highest BCUT2D eigenvalue weighted by atomic mass is 16.5. The number of aliphatic hydroxyl groups excluding tert-OH is 1. The first kappa shape index (κ1) is 26.5. The average Bonchev–Trinajstić information content (AvgIpc) is 2.91. The Morgan fingerprint density at radius 3 is 2.73 bits per heavy atom. The summed E-state index contributed by atoms with van der Waals surface area (Å²) in [6, 6.07) is 5.50. The zero-order valence-electron chi connectivity index (χ0n) is 21.6. The Bertz CT molecular complexity index is 1280. The summed E-state index contributed by atoms with van der Waals surface area (Å²) in [5.74, 6) is 0.487. The standard InChI is InChI=1S/C26H34N6O5/c1-4-11-37-12-10-32-21-13-19(18-7-8-22(36-3)27-14-18)15-28-24(21)29-25(26(32)35)30(2)17-23(34)31-9-5-6-20(33)16-31/h7-8,13-15,20,33H,4-6,9-12,16-17H2,1-3H3/t20-/m0/s1. The maximum absolute atomic E-state index is 13.6. The Balaban J connectivity index is 1.67. The minimum Gasteiger partial charge on any atom is -0.481 e. The minimum absolute atomic E-state index is 0.0254. The van der Waals surface area contributed by atoms with Crippen LogP contribution in [0.15, 0.2) is 35.4 Å². The zero-order chi connectivity index (χ0) is 26.4. The van der Waals surface area contributed by atoms with Crippen LogP contribution >= 0.6 is 0 Å². The molecule has 1 fully saturated rings. The number of likely N-dealkylation sites (tertiary alicyclic amines) is 1. The molecule has 3 aromatic rings. The molecule has 1 saturated heterocycles. The molecule has 4 heterocycles. The van der Waals surface area contributed by atoms with Gasteiger partial charge in [0.25, 0.3) is 5.56 Å². The van der Waals surface area contributed by atoms with E-state index in [2.05, 4.69) is 15.0 Å². The van der Waals surface area contributed by atoms with Crippen LogP contribution in [-0.2, 0) is 16.1 Å². The molecule has 11 heteroatoms. The monoisotopic (exact) mass is 510 g/mol. The molecule has 1 amide bonds. The summed E-state index contributed by atoms with van der Waals surface area (Å²) in [6.45, 7) is 4.17. The van der Waals surface area contributed by atoms with E-state index in [-0.39, 0.29) is 23.8 Å². The second kappa shape index (κ2) is 12.1. The van der Waals surface area contributed by atoms with Gasteiger partial charge in [-0.1, -0.05) is 6.92 Å². The predicted molar refractivity (Wildman–Crippen MR) is 140 cm³/mol. The number of methoxy groups -OCH3 is 1. The molecule has 0 aromatic carbocycles. The van der Waals surface area contributed by atoms with Gasteiger partial charge in [-0.2, -0.15) is 0 Å². The summed E-state index contributed by atoms with van der Waals surface area (Å²) in [4.78, 5) is 43.0. The van der Waals surface area contributed by atoms with Crippen molar-refractivity contribution in [1.29, 1.82) is 0 Å². The lowest BCUT2D eigenvalue weighted by molar-refractivity contribution is -0.132. The number of ether oxygens (including phenoxy) is 2. The van der Waals surface area contributed by atoms with E-state index in [0.29, 0.717) is 56.3 Å². The molecule has 0 unspecified atom stereocenters. The fourth-order valence-corrected chi connectivity index (χ4v) is 4.37. The first-order chi connectivity index (χ1) is 17.9. The molecule has 198 valence electrons. The fourth-order valence-electron chi connectivity index (χ4n) is 4.37. The number of pyridine rings is 2. The number of fused-ring (bicyclic) bond motifs is 1. The van der Waals surface area contributed by atoms with Gasteiger partial charge in [0.15, 0.2) is 11.5 Å². The number of hydrogen-bond acceptors (Lipinski definition) is 9. The number of β-amino-alcohol motifs (C(OH)–C–C–N with tert-alkyl or cyclic N) is 1. The largest absolute Gasteiger partial charge is 0.481 e. The molecule has 3 aromatic heterocycles. The molecule has 0 saturated carbocycles. The van der Waals surface area contributed by atoms with Gasteiger partial charge in [0.05, 0.1) is 31.9 Å². The van der Waals surface area contributed by atoms with Crippen LogP contribution in [0.1, 0.15) is 26.2 Å². The van der Waals surface area contributed by atoms with E-state index in [4.69, 9.17) is 9.47 Å². The highest BCUT2D eigenvalue weighted by Gasteiger charge is 2.24. The number of aromatic nitrogens is 4. The molecule has 11 nitrogen and oxygen atoms in total. The van der Waals surface area contributed by atoms with Crippen molar-refractivity contribution in [2.45, 2.75) is 38.8 Å². The van der Waals surface area contributed by atoms with E-state index in [9.17, 15) is 14.7 Å². The highest BCUT2D eigenvalue weighted by Crippen LogP contribution is 2.23. The van der Waals surface area contributed by atoms with Crippen LogP contribution in [0.5, 0.6) is 5.88 Å². The molecule has 1 aliphatic heterocycles. The van der Waals surface area contributed by atoms with Gasteiger partial charge in [0.2, 0.25) is 11.8 Å². The predicted octanol–water partition coefficient (Wildman–Crippen LogP) is 1.71. The number of amides is 1. The lowest BCUT2D eigenvalue weighted by Gasteiger charge is -2.31. The highest BCUT2D eigenvalue weighted by molar-refractivity contribution is 5.82. The van der Waals surface area contributed by atoms with Gasteiger partial charge < -0.3 is 24.4 Å². The van der Waals surface area contributed by atoms with Gasteiger partial charge in [0.1, 0.15) is 0 Å². The van der Waals surface area contributed by atoms with Gasteiger partial charge >= 0.3 is 0 Å². The number of aliphatic hydroxyl groups is 1. The summed E-state index contributed by atoms with van der Waals surface area (Å²) in [5, 5.41) is 9.93. The summed E-state index contributed by atoms with van der Waals surface area (Å²) < 4.78 is 12.4. The van der Waals surface area contributed by atoms with Crippen molar-refractivity contribution in [3.05, 3.63) is 40.9 Å². The lowest BCUT2D eigenvalue weighted by atomic mass is 10.1. The lowest BCUT2D eigenvalue weighted by Crippen LogP contribution is -2.47. The topological polar surface area (TPSA) is 123 Å². The second-order valence-electron chi connectivity index (χ2n) is 9.15. The first-order valence-electron chi connectivity index (χ1n) is 12.6. The Labute approximate surface area is 215 Å². The van der Waals surface area contributed by atoms with E-state index in [0.717, 1.165) is 24.0 Å². The Morgan fingerprint density at radius 2 is 2.03 bits per heavy atom. The van der Waals surface area contributed by atoms with Crippen molar-refractivity contribution in [2.24, 2.45) is 0 Å². The number of likely N-dealkylation sites (N-methyl/N-ethyl adjacent to an activating group) is 1. The maximum atomic E-state index is 13.6. The van der Waals surface area contributed by atoms with Gasteiger partial charge in [-0.15, -0.1) is 0 Å². The summed E-state index contributed by atoms with van der Waals surface area (Å²) in [5.41, 5.74) is 2.25. The molecule has 37 heavy (non-hydrogen) atoms. The Morgan fingerprint density at radius 1 is 1.22 bits per heavy atom. The van der Waals surface area contributed by atoms with E-state index in [1.165, 1.54) is 0 Å². The quantitative estimate of drug-likeness (QED) is 0.406. The Hall–Kier alpha value is -3.57. The number of nitrogens with zero attached hydrogens (tertiary/aromatic N) is 6. The molecular formula is C26H34N6O5. The summed E-state index contributed by atoms with van der Waals surface area (Å²) >= 11 is 0. The number of carbonyl (C=O) groups is 1. The Kier molecular flexibility index (Phi) is 8.67. The fraction of sp³-hybridized carbons (Fsp3) is 0.500. The van der Waals surface area contributed by atoms with Crippen LogP contribution in [-0.4, -0.2) is 88.5 Å². The third-order valence-corrected chi connectivity index (χ3v) is 6.36. The third-order valence-electron chi connectivity index (χ3n) is 6.36. The van der Waals surface area contributed by atoms with Crippen molar-refractivity contribution < 1.29 is 19.4 Å². The van der Waals surface area contributed by atoms with Crippen molar-refractivity contribution in [2.75, 3.05) is 51.9 Å². The van der Waals surface area contributed by atoms with Gasteiger partial charge in [-0.05, 0) is 31.4 Å². The van der Waals surface area contributed by atoms with Gasteiger partial charge in [0, 0.05) is 62.9 Å². The van der Waals surface area contributed by atoms with Gasteiger partial charge in [-0.3, -0.25) is 14.2 Å². The number of carbonyl (C=O) groups excluding carboxylic acids is 1. The molecule has 0 radical (unpaired) electrons. The van der Waals surface area contributed by atoms with Crippen molar-refractivity contribution >= 4 is 22.9 Å². The molecule has 4 rings (SSSR count). The van der Waals surface area contributed by atoms with Crippen LogP contribution in [0.4, 0.5) is 5.82 Å². The average molecular weight is 511 g/mol. The minimum atomic E-state index is -0.513. The zero-order valence-corrected chi connectivity index (χ0v) is 21.6. The van der Waals surface area contributed by atoms with E-state index < -0.39 is 6.10 Å². The van der Waals surface area contributed by atoms with Crippen LogP contribution in [0.3, 0.4) is 0 Å².